The Bertz CT molecular complexity index is 2480. The van der Waals surface area contributed by atoms with E-state index in [1.807, 2.05) is 88.4 Å². The molecule has 5 aromatic rings. The number of ether oxygens (including phenoxy) is 3. The first-order valence-electron chi connectivity index (χ1n) is 19.3. The number of nitrogens with one attached hydrogen (secondary N) is 2. The van der Waals surface area contributed by atoms with Gasteiger partial charge in [-0.2, -0.15) is 13.4 Å². The molecule has 0 radical (unpaired) electrons. The Hall–Kier alpha value is -5.53. The van der Waals surface area contributed by atoms with Gasteiger partial charge in [0.1, 0.15) is 6.61 Å². The monoisotopic (exact) mass is 859 g/mol. The first kappa shape index (κ1) is 44.0. The van der Waals surface area contributed by atoms with Crippen LogP contribution in [-0.4, -0.2) is 85.1 Å². The summed E-state index contributed by atoms with van der Waals surface area (Å²) >= 11 is 0. The molecule has 18 heteroatoms. The van der Waals surface area contributed by atoms with Gasteiger partial charge >= 0.3 is 11.9 Å². The second-order valence-electron chi connectivity index (χ2n) is 16.0. The molecule has 0 aliphatic carbocycles. The van der Waals surface area contributed by atoms with Crippen LogP contribution >= 0.6 is 0 Å². The Labute approximate surface area is 348 Å². The summed E-state index contributed by atoms with van der Waals surface area (Å²) in [7, 11) is -7.96. The van der Waals surface area contributed by atoms with E-state index in [1.54, 1.807) is 26.0 Å². The van der Waals surface area contributed by atoms with Crippen molar-refractivity contribution in [2.24, 2.45) is 5.92 Å². The van der Waals surface area contributed by atoms with Gasteiger partial charge in [0.15, 0.2) is 35.2 Å². The number of fused-ring (bicyclic) bond motifs is 1. The van der Waals surface area contributed by atoms with Crippen LogP contribution in [0.4, 0.5) is 5.95 Å². The average Bonchev–Trinajstić information content (AvgIpc) is 3.73. The van der Waals surface area contributed by atoms with Gasteiger partial charge in [-0.25, -0.2) is 4.98 Å². The summed E-state index contributed by atoms with van der Waals surface area (Å²) in [6.45, 7) is 12.3. The van der Waals surface area contributed by atoms with Crippen LogP contribution in [0.15, 0.2) is 101 Å². The Morgan fingerprint density at radius 1 is 0.917 bits per heavy atom. The molecule has 1 amide bonds. The van der Waals surface area contributed by atoms with Gasteiger partial charge in [-0.1, -0.05) is 113 Å². The summed E-state index contributed by atoms with van der Waals surface area (Å²) in [5.74, 6) is -2.71. The first-order valence-corrected chi connectivity index (χ1v) is 22.6. The van der Waals surface area contributed by atoms with E-state index in [9.17, 15) is 27.6 Å². The third kappa shape index (κ3) is 8.83. The molecule has 318 valence electrons. The molecule has 1 saturated heterocycles. The topological polar surface area (TPSA) is 207 Å². The summed E-state index contributed by atoms with van der Waals surface area (Å²) in [6, 6.07) is 25.3. The highest BCUT2D eigenvalue weighted by Crippen LogP contribution is 2.45. The molecule has 2 aromatic heterocycles. The van der Waals surface area contributed by atoms with Crippen LogP contribution < -0.4 is 21.2 Å². The lowest BCUT2D eigenvalue weighted by Crippen LogP contribution is -2.68. The Balaban J connectivity index is 1.57. The first-order chi connectivity index (χ1) is 28.3. The largest absolute Gasteiger partial charge is 0.455 e. The fourth-order valence-corrected chi connectivity index (χ4v) is 12.9. The highest BCUT2D eigenvalue weighted by atomic mass is 32.2. The van der Waals surface area contributed by atoms with Gasteiger partial charge < -0.3 is 18.6 Å². The molecule has 0 bridgehead atoms. The number of aryl methyl sites for hydroxylation is 1. The normalized spacial score (nSPS) is 19.6. The number of nitrogens with zero attached hydrogens (tertiary/aromatic N) is 3. The molecule has 16 nitrogen and oxygen atoms in total. The van der Waals surface area contributed by atoms with Crippen LogP contribution in [0.5, 0.6) is 0 Å². The summed E-state index contributed by atoms with van der Waals surface area (Å²) in [5.41, 5.74) is -2.19. The molecule has 2 N–H and O–H groups in total. The average molecular weight is 860 g/mol. The van der Waals surface area contributed by atoms with Crippen molar-refractivity contribution < 1.29 is 45.6 Å². The number of carbonyl (C=O) groups excluding carboxylic acids is 3. The number of carbonyl (C=O) groups is 3. The third-order valence-corrected chi connectivity index (χ3v) is 16.5. The van der Waals surface area contributed by atoms with E-state index < -0.39 is 90.0 Å². The Morgan fingerprint density at radius 3 is 2.03 bits per heavy atom. The fraction of sp³-hybridized carbons (Fsp3) is 0.381. The lowest BCUT2D eigenvalue weighted by molar-refractivity contribution is -0.174. The van der Waals surface area contributed by atoms with E-state index in [-0.39, 0.29) is 22.0 Å². The van der Waals surface area contributed by atoms with Crippen LogP contribution in [0, 0.1) is 12.8 Å². The smallest absolute Gasteiger partial charge is 0.303 e. The minimum Gasteiger partial charge on any atom is -0.455 e. The third-order valence-electron chi connectivity index (χ3n) is 10.2. The van der Waals surface area contributed by atoms with Gasteiger partial charge in [-0.3, -0.25) is 38.2 Å². The number of rotatable bonds is 14. The fourth-order valence-electron chi connectivity index (χ4n) is 7.35. The quantitative estimate of drug-likeness (QED) is 0.0917. The zero-order valence-corrected chi connectivity index (χ0v) is 36.4. The number of aromatic nitrogens is 4. The Kier molecular flexibility index (Phi) is 12.6. The van der Waals surface area contributed by atoms with Crippen LogP contribution in [0.25, 0.3) is 11.2 Å². The number of benzene rings is 3. The number of amides is 1. The molecule has 60 heavy (non-hydrogen) atoms. The summed E-state index contributed by atoms with van der Waals surface area (Å²) < 4.78 is 61.1. The summed E-state index contributed by atoms with van der Waals surface area (Å²) in [5, 5.41) is 3.74. The van der Waals surface area contributed by atoms with Crippen LogP contribution in [0.3, 0.4) is 0 Å². The molecule has 1 aliphatic heterocycles. The predicted molar refractivity (Wildman–Crippen MR) is 223 cm³/mol. The van der Waals surface area contributed by atoms with E-state index in [0.29, 0.717) is 0 Å². The van der Waals surface area contributed by atoms with E-state index in [2.05, 4.69) is 20.3 Å². The van der Waals surface area contributed by atoms with Crippen molar-refractivity contribution in [3.8, 4) is 0 Å². The second-order valence-corrected chi connectivity index (χ2v) is 22.0. The minimum absolute atomic E-state index is 0.0987. The lowest BCUT2D eigenvalue weighted by atomic mass is 9.96. The molecule has 0 spiro atoms. The lowest BCUT2D eigenvalue weighted by Gasteiger charge is -2.45. The zero-order chi connectivity index (χ0) is 43.6. The van der Waals surface area contributed by atoms with Gasteiger partial charge in [0.05, 0.1) is 17.8 Å². The second kappa shape index (κ2) is 17.2. The maximum atomic E-state index is 13.9. The van der Waals surface area contributed by atoms with Gasteiger partial charge in [-0.15, -0.1) is 0 Å². The minimum atomic E-state index is -4.51. The van der Waals surface area contributed by atoms with Crippen molar-refractivity contribution >= 4 is 63.8 Å². The molecule has 6 rings (SSSR count). The Morgan fingerprint density at radius 2 is 1.50 bits per heavy atom. The maximum Gasteiger partial charge on any atom is 0.303 e. The van der Waals surface area contributed by atoms with Crippen LogP contribution in [-0.2, 0) is 47.3 Å². The van der Waals surface area contributed by atoms with E-state index in [0.717, 1.165) is 29.8 Å². The van der Waals surface area contributed by atoms with Gasteiger partial charge in [0.2, 0.25) is 11.9 Å². The molecule has 3 heterocycles. The van der Waals surface area contributed by atoms with Crippen LogP contribution in [0.1, 0.15) is 60.3 Å². The molecule has 3 aromatic carbocycles. The number of hydrogen-bond acceptors (Lipinski definition) is 13. The zero-order valence-electron chi connectivity index (χ0n) is 34.6. The van der Waals surface area contributed by atoms with Gasteiger partial charge in [-0.05, 0) is 34.5 Å². The number of aromatic amines is 1. The van der Waals surface area contributed by atoms with Crippen molar-refractivity contribution in [3.05, 3.63) is 107 Å². The van der Waals surface area contributed by atoms with Crippen molar-refractivity contribution in [1.82, 2.24) is 19.5 Å². The standard InChI is InChI=1S/C42H49N5O11SSi/c1-26(2)37(50)45-40-44-36-33(38(51)46-40)43-25-47(36)39-34(56-28(4)48)35(57-29(5)49)42(58-39,23-54-59(52,53)30-21-19-27(3)20-22-30)24-55-60(41(6,7)8,31-15-11-9-12-16-31)32-17-13-10-14-18-32/h9-22,25-26,34-35,39H,23-24H2,1-8H3,(H2,44,45,46,50,51)/t34-,35+,39-,42-/m1/s1. The molecule has 0 unspecified atom stereocenters. The maximum absolute atomic E-state index is 13.9. The molecule has 1 aliphatic rings. The van der Waals surface area contributed by atoms with Crippen molar-refractivity contribution in [3.63, 3.8) is 0 Å². The molecular formula is C42H49N5O11SSi. The predicted octanol–water partition coefficient (Wildman–Crippen LogP) is 4.14. The number of anilines is 1. The van der Waals surface area contributed by atoms with Crippen molar-refractivity contribution in [2.75, 3.05) is 18.5 Å². The highest BCUT2D eigenvalue weighted by Gasteiger charge is 2.63. The summed E-state index contributed by atoms with van der Waals surface area (Å²) in [6.07, 6.45) is -3.38. The van der Waals surface area contributed by atoms with E-state index >= 15 is 0 Å². The highest BCUT2D eigenvalue weighted by molar-refractivity contribution is 7.86. The van der Waals surface area contributed by atoms with Gasteiger partial charge in [0.25, 0.3) is 24.0 Å². The van der Waals surface area contributed by atoms with E-state index in [1.165, 1.54) is 23.0 Å². The van der Waals surface area contributed by atoms with Crippen LogP contribution in [0.2, 0.25) is 5.04 Å². The SMILES string of the molecule is CC(=O)O[C@H]1[C@H](n2cnc3c(=O)[nH]c(NC(=O)C(C)C)nc32)O[C@@](CO[Si](c2ccccc2)(c2ccccc2)C(C)(C)C)(COS(=O)(=O)c2ccc(C)cc2)[C@H]1OC(C)=O. The molecular weight excluding hydrogens is 811 g/mol. The van der Waals surface area contributed by atoms with Crippen molar-refractivity contribution in [2.45, 2.75) is 89.4 Å². The number of hydrogen-bond donors (Lipinski definition) is 2. The number of esters is 2. The molecule has 1 fully saturated rings. The van der Waals surface area contributed by atoms with Gasteiger partial charge in [0, 0.05) is 19.8 Å². The number of imidazole rings is 1. The molecule has 0 saturated carbocycles. The number of H-pyrrole nitrogens is 1. The van der Waals surface area contributed by atoms with Crippen molar-refractivity contribution in [1.29, 1.82) is 0 Å². The molecule has 4 atom stereocenters. The van der Waals surface area contributed by atoms with E-state index in [4.69, 9.17) is 22.8 Å². The summed E-state index contributed by atoms with van der Waals surface area (Å²) in [4.78, 5) is 63.1.